The van der Waals surface area contributed by atoms with Gasteiger partial charge in [-0.2, -0.15) is 0 Å². The molecular weight excluding hydrogens is 472 g/mol. The van der Waals surface area contributed by atoms with Crippen LogP contribution in [0.15, 0.2) is 47.4 Å². The van der Waals surface area contributed by atoms with Crippen LogP contribution in [0.1, 0.15) is 25.7 Å². The normalized spacial score (nSPS) is 19.4. The number of fused-ring (bicyclic) bond motifs is 1. The number of benzene rings is 2. The fourth-order valence-corrected chi connectivity index (χ4v) is 6.35. The molecule has 1 saturated carbocycles. The topological polar surface area (TPSA) is 114 Å². The van der Waals surface area contributed by atoms with Crippen LogP contribution in [0.25, 0.3) is 0 Å². The molecular formula is C22H25ClN2O7S. The summed E-state index contributed by atoms with van der Waals surface area (Å²) in [6.45, 7) is 1.16. The number of hydrogen-bond donors (Lipinski definition) is 2. The number of carbonyl (C=O) groups excluding carboxylic acids is 1. The zero-order valence-corrected chi connectivity index (χ0v) is 19.4. The lowest BCUT2D eigenvalue weighted by molar-refractivity contribution is -0.133. The van der Waals surface area contributed by atoms with Crippen molar-refractivity contribution >= 4 is 28.2 Å². The van der Waals surface area contributed by atoms with E-state index in [1.165, 1.54) is 12.1 Å². The quantitative estimate of drug-likeness (QED) is 0.463. The second-order valence-corrected chi connectivity index (χ2v) is 10.6. The van der Waals surface area contributed by atoms with Gasteiger partial charge in [-0.25, -0.2) is 13.9 Å². The molecule has 1 amide bonds. The summed E-state index contributed by atoms with van der Waals surface area (Å²) >= 11 is 0. The van der Waals surface area contributed by atoms with E-state index in [0.29, 0.717) is 42.1 Å². The summed E-state index contributed by atoms with van der Waals surface area (Å²) in [5, 5.41) is 9.31. The number of nitrogens with zero attached hydrogens (tertiary/aromatic N) is 1. The van der Waals surface area contributed by atoms with Crippen molar-refractivity contribution in [2.45, 2.75) is 41.4 Å². The molecule has 0 radical (unpaired) electrons. The van der Waals surface area contributed by atoms with E-state index in [1.54, 1.807) is 35.8 Å². The lowest BCUT2D eigenvalue weighted by Crippen LogP contribution is -2.58. The van der Waals surface area contributed by atoms with Crippen molar-refractivity contribution in [1.82, 2.24) is 10.4 Å². The van der Waals surface area contributed by atoms with Gasteiger partial charge in [0.05, 0.1) is 4.90 Å². The zero-order chi connectivity index (χ0) is 22.3. The number of hydroxylamine groups is 1. The molecule has 1 aliphatic carbocycles. The first-order valence-electron chi connectivity index (χ1n) is 10.5. The predicted molar refractivity (Wildman–Crippen MR) is 120 cm³/mol. The van der Waals surface area contributed by atoms with E-state index in [0.717, 1.165) is 12.8 Å². The number of amides is 1. The minimum atomic E-state index is -4.05. The van der Waals surface area contributed by atoms with Gasteiger partial charge in [-0.1, -0.05) is 0 Å². The Balaban J connectivity index is 0.00000259. The van der Waals surface area contributed by atoms with Gasteiger partial charge in [-0.05, 0) is 62.1 Å². The summed E-state index contributed by atoms with van der Waals surface area (Å²) < 4.78 is 41.8. The van der Waals surface area contributed by atoms with E-state index >= 15 is 0 Å². The highest BCUT2D eigenvalue weighted by atomic mass is 35.5. The van der Waals surface area contributed by atoms with Gasteiger partial charge < -0.3 is 19.1 Å². The third kappa shape index (κ3) is 4.23. The van der Waals surface area contributed by atoms with Crippen molar-refractivity contribution < 1.29 is 32.6 Å². The molecule has 178 valence electrons. The zero-order valence-electron chi connectivity index (χ0n) is 17.7. The third-order valence-electron chi connectivity index (χ3n) is 6.41. The van der Waals surface area contributed by atoms with Crippen molar-refractivity contribution in [2.75, 3.05) is 19.9 Å². The van der Waals surface area contributed by atoms with Gasteiger partial charge in [0.15, 0.2) is 26.1 Å². The summed E-state index contributed by atoms with van der Waals surface area (Å²) in [7, 11) is -4.05. The maximum absolute atomic E-state index is 13.5. The first-order valence-corrected chi connectivity index (χ1v) is 12.0. The van der Waals surface area contributed by atoms with E-state index in [1.807, 2.05) is 0 Å². The van der Waals surface area contributed by atoms with Gasteiger partial charge >= 0.3 is 0 Å². The lowest BCUT2D eigenvalue weighted by Gasteiger charge is -2.39. The van der Waals surface area contributed by atoms with E-state index in [4.69, 9.17) is 14.2 Å². The molecule has 0 atom stereocenters. The highest BCUT2D eigenvalue weighted by Gasteiger charge is 2.53. The largest absolute Gasteiger partial charge is 0.457 e. The van der Waals surface area contributed by atoms with E-state index in [2.05, 4.69) is 4.90 Å². The molecule has 11 heteroatoms. The number of halogens is 1. The molecule has 2 N–H and O–H groups in total. The van der Waals surface area contributed by atoms with Crippen LogP contribution in [0.2, 0.25) is 0 Å². The SMILES string of the molecule is Cl.O=C(NO)C1(S(=O)(=O)c2ccc(Oc3ccc4c(c3)OCO4)cc2)CCN(C2CC2)CC1. The molecule has 0 bridgehead atoms. The minimum Gasteiger partial charge on any atom is -0.457 e. The molecule has 2 heterocycles. The van der Waals surface area contributed by atoms with Gasteiger partial charge in [0.25, 0.3) is 5.91 Å². The minimum absolute atomic E-state index is 0. The highest BCUT2D eigenvalue weighted by Crippen LogP contribution is 2.40. The van der Waals surface area contributed by atoms with Crippen LogP contribution in [0.3, 0.4) is 0 Å². The predicted octanol–water partition coefficient (Wildman–Crippen LogP) is 2.91. The van der Waals surface area contributed by atoms with Gasteiger partial charge in [0.2, 0.25) is 6.79 Å². The Morgan fingerprint density at radius 3 is 2.30 bits per heavy atom. The summed E-state index contributed by atoms with van der Waals surface area (Å²) in [5.41, 5.74) is 1.59. The van der Waals surface area contributed by atoms with Crippen LogP contribution >= 0.6 is 12.4 Å². The Kier molecular flexibility index (Phi) is 6.45. The Morgan fingerprint density at radius 1 is 1.03 bits per heavy atom. The molecule has 33 heavy (non-hydrogen) atoms. The van der Waals surface area contributed by atoms with Gasteiger partial charge in [-0.3, -0.25) is 10.0 Å². The fourth-order valence-electron chi connectivity index (χ4n) is 4.40. The number of hydrogen-bond acceptors (Lipinski definition) is 8. The number of carbonyl (C=O) groups is 1. The van der Waals surface area contributed by atoms with Crippen molar-refractivity contribution in [3.8, 4) is 23.0 Å². The monoisotopic (exact) mass is 496 g/mol. The Bertz CT molecular complexity index is 1130. The summed E-state index contributed by atoms with van der Waals surface area (Å²) in [6.07, 6.45) is 2.48. The molecule has 2 aliphatic heterocycles. The second-order valence-electron chi connectivity index (χ2n) is 8.29. The Hall–Kier alpha value is -2.53. The lowest BCUT2D eigenvalue weighted by atomic mass is 9.94. The van der Waals surface area contributed by atoms with Gasteiger partial charge in [-0.15, -0.1) is 12.4 Å². The molecule has 0 unspecified atom stereocenters. The van der Waals surface area contributed by atoms with Crippen LogP contribution < -0.4 is 19.7 Å². The molecule has 2 fully saturated rings. The Labute approximate surface area is 197 Å². The van der Waals surface area contributed by atoms with Crippen molar-refractivity contribution in [3.63, 3.8) is 0 Å². The summed E-state index contributed by atoms with van der Waals surface area (Å²) in [5.74, 6) is 1.30. The van der Waals surface area contributed by atoms with Crippen LogP contribution in [-0.4, -0.2) is 55.1 Å². The smallest absolute Gasteiger partial charge is 0.265 e. The molecule has 5 rings (SSSR count). The van der Waals surface area contributed by atoms with Crippen LogP contribution in [0, 0.1) is 0 Å². The Morgan fingerprint density at radius 2 is 1.67 bits per heavy atom. The first kappa shape index (κ1) is 23.6. The number of sulfone groups is 1. The number of rotatable bonds is 6. The average Bonchev–Trinajstić information content (AvgIpc) is 3.56. The fraction of sp³-hybridized carbons (Fsp3) is 0.409. The van der Waals surface area contributed by atoms with E-state index in [9.17, 15) is 18.4 Å². The molecule has 1 saturated heterocycles. The molecule has 9 nitrogen and oxygen atoms in total. The summed E-state index contributed by atoms with van der Waals surface area (Å²) in [4.78, 5) is 14.8. The number of ether oxygens (including phenoxy) is 3. The molecule has 3 aliphatic rings. The average molecular weight is 497 g/mol. The first-order chi connectivity index (χ1) is 15.4. The summed E-state index contributed by atoms with van der Waals surface area (Å²) in [6, 6.07) is 11.6. The molecule has 0 spiro atoms. The maximum atomic E-state index is 13.5. The number of likely N-dealkylation sites (tertiary alicyclic amines) is 1. The highest BCUT2D eigenvalue weighted by molar-refractivity contribution is 7.93. The van der Waals surface area contributed by atoms with Gasteiger partial charge in [0, 0.05) is 25.2 Å². The molecule has 0 aromatic heterocycles. The number of nitrogens with one attached hydrogen (secondary N) is 1. The van der Waals surface area contributed by atoms with Crippen LogP contribution in [0.4, 0.5) is 0 Å². The van der Waals surface area contributed by atoms with E-state index < -0.39 is 20.5 Å². The van der Waals surface area contributed by atoms with Crippen molar-refractivity contribution in [3.05, 3.63) is 42.5 Å². The molecule has 2 aromatic carbocycles. The standard InChI is InChI=1S/C22H24N2O7S.ClH/c25-21(23-26)22(9-11-24(12-10-22)15-1-2-15)32(27,28)18-6-3-16(4-7-18)31-17-5-8-19-20(13-17)30-14-29-19;/h3-8,13,15,26H,1-2,9-12,14H2,(H,23,25);1H. The van der Waals surface area contributed by atoms with Crippen LogP contribution in [-0.2, 0) is 14.6 Å². The van der Waals surface area contributed by atoms with Crippen molar-refractivity contribution in [2.24, 2.45) is 0 Å². The maximum Gasteiger partial charge on any atom is 0.265 e. The van der Waals surface area contributed by atoms with Crippen molar-refractivity contribution in [1.29, 1.82) is 0 Å². The van der Waals surface area contributed by atoms with E-state index in [-0.39, 0.29) is 36.9 Å². The molecule has 2 aromatic rings. The number of piperidine rings is 1. The van der Waals surface area contributed by atoms with Gasteiger partial charge in [0.1, 0.15) is 11.5 Å². The van der Waals surface area contributed by atoms with Crippen LogP contribution in [0.5, 0.6) is 23.0 Å². The second kappa shape index (κ2) is 9.02. The third-order valence-corrected chi connectivity index (χ3v) is 8.93.